The minimum absolute atomic E-state index is 0.366. The van der Waals surface area contributed by atoms with E-state index in [9.17, 15) is 0 Å². The summed E-state index contributed by atoms with van der Waals surface area (Å²) in [7, 11) is 0. The Morgan fingerprint density at radius 1 is 1.39 bits per heavy atom. The molecule has 0 aromatic carbocycles. The maximum atomic E-state index is 3.73. The van der Waals surface area contributed by atoms with Crippen LogP contribution in [0.15, 0.2) is 0 Å². The fourth-order valence-corrected chi connectivity index (χ4v) is 3.65. The van der Waals surface area contributed by atoms with Gasteiger partial charge in [-0.2, -0.15) is 11.8 Å². The van der Waals surface area contributed by atoms with E-state index in [0.29, 0.717) is 11.5 Å². The summed E-state index contributed by atoms with van der Waals surface area (Å²) >= 11 is 2.12. The van der Waals surface area contributed by atoms with Gasteiger partial charge in [0.15, 0.2) is 0 Å². The van der Waals surface area contributed by atoms with Gasteiger partial charge >= 0.3 is 0 Å². The molecule has 1 saturated heterocycles. The number of nitrogens with one attached hydrogen (secondary N) is 1. The lowest BCUT2D eigenvalue weighted by molar-refractivity contribution is 0.208. The molecule has 18 heavy (non-hydrogen) atoms. The van der Waals surface area contributed by atoms with Gasteiger partial charge in [0, 0.05) is 30.1 Å². The highest BCUT2D eigenvalue weighted by Gasteiger charge is 2.25. The quantitative estimate of drug-likeness (QED) is 0.799. The Kier molecular flexibility index (Phi) is 7.04. The van der Waals surface area contributed by atoms with E-state index in [1.165, 1.54) is 38.2 Å². The molecule has 108 valence electrons. The molecule has 1 rings (SSSR count). The standard InChI is InChI=1S/C15H32N2S/c1-6-8-16-14(15(3,4)5)7-9-17-10-11-18-13(2)12-17/h13-14,16H,6-12H2,1-5H3. The van der Waals surface area contributed by atoms with E-state index < -0.39 is 0 Å². The van der Waals surface area contributed by atoms with Gasteiger partial charge in [0.25, 0.3) is 0 Å². The highest BCUT2D eigenvalue weighted by molar-refractivity contribution is 7.99. The van der Waals surface area contributed by atoms with Crippen molar-refractivity contribution >= 4 is 11.8 Å². The average Bonchev–Trinajstić information content (AvgIpc) is 2.27. The van der Waals surface area contributed by atoms with Crippen LogP contribution >= 0.6 is 11.8 Å². The van der Waals surface area contributed by atoms with Gasteiger partial charge < -0.3 is 10.2 Å². The average molecular weight is 273 g/mol. The zero-order valence-corrected chi connectivity index (χ0v) is 13.8. The molecule has 1 N–H and O–H groups in total. The predicted molar refractivity (Wildman–Crippen MR) is 84.5 cm³/mol. The second-order valence-electron chi connectivity index (χ2n) is 6.64. The number of thioether (sulfide) groups is 1. The Morgan fingerprint density at radius 2 is 2.11 bits per heavy atom. The van der Waals surface area contributed by atoms with Crippen LogP contribution in [0.3, 0.4) is 0 Å². The third-order valence-electron chi connectivity index (χ3n) is 3.75. The smallest absolute Gasteiger partial charge is 0.0147 e. The summed E-state index contributed by atoms with van der Waals surface area (Å²) in [5.41, 5.74) is 0.366. The van der Waals surface area contributed by atoms with Crippen LogP contribution in [0.2, 0.25) is 0 Å². The Balaban J connectivity index is 2.36. The van der Waals surface area contributed by atoms with E-state index in [1.807, 2.05) is 0 Å². The van der Waals surface area contributed by atoms with E-state index in [0.717, 1.165) is 11.8 Å². The molecule has 0 aliphatic carbocycles. The SMILES string of the molecule is CCCNC(CCN1CCSC(C)C1)C(C)(C)C. The van der Waals surface area contributed by atoms with Gasteiger partial charge in [-0.1, -0.05) is 34.6 Å². The van der Waals surface area contributed by atoms with E-state index in [-0.39, 0.29) is 0 Å². The first-order chi connectivity index (χ1) is 8.43. The monoisotopic (exact) mass is 272 g/mol. The van der Waals surface area contributed by atoms with Gasteiger partial charge in [-0.25, -0.2) is 0 Å². The van der Waals surface area contributed by atoms with E-state index in [1.54, 1.807) is 0 Å². The summed E-state index contributed by atoms with van der Waals surface area (Å²) in [4.78, 5) is 2.65. The fraction of sp³-hybridized carbons (Fsp3) is 1.00. The lowest BCUT2D eigenvalue weighted by atomic mass is 9.84. The molecule has 1 aliphatic rings. The number of nitrogens with zero attached hydrogens (tertiary/aromatic N) is 1. The third-order valence-corrected chi connectivity index (χ3v) is 4.88. The Labute approximate surface area is 118 Å². The molecule has 2 atom stereocenters. The molecular formula is C15H32N2S. The predicted octanol–water partition coefficient (Wildman–Crippen LogP) is 3.23. The maximum absolute atomic E-state index is 3.73. The minimum atomic E-state index is 0.366. The number of hydrogen-bond acceptors (Lipinski definition) is 3. The highest BCUT2D eigenvalue weighted by Crippen LogP contribution is 2.23. The molecule has 3 heteroatoms. The maximum Gasteiger partial charge on any atom is 0.0147 e. The molecule has 0 bridgehead atoms. The lowest BCUT2D eigenvalue weighted by Crippen LogP contribution is -2.45. The van der Waals surface area contributed by atoms with Gasteiger partial charge in [0.05, 0.1) is 0 Å². The molecule has 0 aromatic heterocycles. The number of rotatable bonds is 6. The molecule has 1 aliphatic heterocycles. The molecule has 0 radical (unpaired) electrons. The first-order valence-electron chi connectivity index (χ1n) is 7.50. The number of hydrogen-bond donors (Lipinski definition) is 1. The summed E-state index contributed by atoms with van der Waals surface area (Å²) < 4.78 is 0. The molecule has 0 saturated carbocycles. The largest absolute Gasteiger partial charge is 0.313 e. The lowest BCUT2D eigenvalue weighted by Gasteiger charge is -2.36. The fourth-order valence-electron chi connectivity index (χ4n) is 2.57. The second-order valence-corrected chi connectivity index (χ2v) is 8.19. The van der Waals surface area contributed by atoms with Gasteiger partial charge in [0.2, 0.25) is 0 Å². The van der Waals surface area contributed by atoms with Crippen molar-refractivity contribution in [2.45, 2.75) is 58.8 Å². The summed E-state index contributed by atoms with van der Waals surface area (Å²) in [6.07, 6.45) is 2.50. The molecule has 0 aromatic rings. The van der Waals surface area contributed by atoms with Crippen molar-refractivity contribution in [1.82, 2.24) is 10.2 Å². The van der Waals surface area contributed by atoms with Crippen LogP contribution in [0.1, 0.15) is 47.5 Å². The van der Waals surface area contributed by atoms with Crippen LogP contribution in [-0.4, -0.2) is 48.1 Å². The molecule has 1 heterocycles. The topological polar surface area (TPSA) is 15.3 Å². The van der Waals surface area contributed by atoms with Crippen LogP contribution < -0.4 is 5.32 Å². The second kappa shape index (κ2) is 7.76. The van der Waals surface area contributed by atoms with E-state index in [4.69, 9.17) is 0 Å². The normalized spacial score (nSPS) is 24.2. The summed E-state index contributed by atoms with van der Waals surface area (Å²) in [6, 6.07) is 0.641. The van der Waals surface area contributed by atoms with Gasteiger partial charge in [0.1, 0.15) is 0 Å². The van der Waals surface area contributed by atoms with Crippen molar-refractivity contribution in [2.75, 3.05) is 31.9 Å². The van der Waals surface area contributed by atoms with E-state index in [2.05, 4.69) is 56.6 Å². The minimum Gasteiger partial charge on any atom is -0.313 e. The highest BCUT2D eigenvalue weighted by atomic mass is 32.2. The van der Waals surface area contributed by atoms with Crippen LogP contribution in [0, 0.1) is 5.41 Å². The summed E-state index contributed by atoms with van der Waals surface area (Å²) in [6.45, 7) is 16.6. The first-order valence-corrected chi connectivity index (χ1v) is 8.55. The molecule has 0 amide bonds. The van der Waals surface area contributed by atoms with Crippen molar-refractivity contribution in [1.29, 1.82) is 0 Å². The van der Waals surface area contributed by atoms with Crippen LogP contribution in [0.4, 0.5) is 0 Å². The Morgan fingerprint density at radius 3 is 2.67 bits per heavy atom. The molecular weight excluding hydrogens is 240 g/mol. The van der Waals surface area contributed by atoms with Crippen molar-refractivity contribution in [3.8, 4) is 0 Å². The van der Waals surface area contributed by atoms with Gasteiger partial charge in [-0.3, -0.25) is 0 Å². The molecule has 2 nitrogen and oxygen atoms in total. The molecule has 0 spiro atoms. The Bertz CT molecular complexity index is 225. The van der Waals surface area contributed by atoms with Crippen LogP contribution in [0.25, 0.3) is 0 Å². The van der Waals surface area contributed by atoms with Crippen molar-refractivity contribution < 1.29 is 0 Å². The summed E-state index contributed by atoms with van der Waals surface area (Å²) in [5.74, 6) is 1.31. The molecule has 1 fully saturated rings. The van der Waals surface area contributed by atoms with Crippen molar-refractivity contribution in [3.63, 3.8) is 0 Å². The van der Waals surface area contributed by atoms with E-state index >= 15 is 0 Å². The third kappa shape index (κ3) is 5.94. The zero-order valence-electron chi connectivity index (χ0n) is 13.0. The first kappa shape index (κ1) is 16.3. The van der Waals surface area contributed by atoms with Crippen molar-refractivity contribution in [2.24, 2.45) is 5.41 Å². The van der Waals surface area contributed by atoms with Gasteiger partial charge in [-0.05, 0) is 31.3 Å². The van der Waals surface area contributed by atoms with Crippen molar-refractivity contribution in [3.05, 3.63) is 0 Å². The Hall–Kier alpha value is 0.270. The summed E-state index contributed by atoms with van der Waals surface area (Å²) in [5, 5.41) is 4.54. The molecule has 2 unspecified atom stereocenters. The van der Waals surface area contributed by atoms with Gasteiger partial charge in [-0.15, -0.1) is 0 Å². The van der Waals surface area contributed by atoms with Crippen LogP contribution in [-0.2, 0) is 0 Å². The van der Waals surface area contributed by atoms with Crippen LogP contribution in [0.5, 0.6) is 0 Å². The zero-order chi connectivity index (χ0) is 13.6.